The molecule has 22 heavy (non-hydrogen) atoms. The van der Waals surface area contributed by atoms with Gasteiger partial charge in [0, 0.05) is 10.4 Å². The molecule has 0 unspecified atom stereocenters. The molecule has 0 spiro atoms. The number of aryl methyl sites for hydroxylation is 1. The predicted molar refractivity (Wildman–Crippen MR) is 89.4 cm³/mol. The summed E-state index contributed by atoms with van der Waals surface area (Å²) in [6, 6.07) is 9.43. The molecule has 0 fully saturated rings. The van der Waals surface area contributed by atoms with Crippen molar-refractivity contribution in [2.24, 2.45) is 0 Å². The van der Waals surface area contributed by atoms with Gasteiger partial charge in [0.05, 0.1) is 15.6 Å². The van der Waals surface area contributed by atoms with E-state index in [4.69, 9.17) is 15.8 Å². The zero-order valence-corrected chi connectivity index (χ0v) is 14.5. The molecule has 0 radical (unpaired) electrons. The number of nitrogens with zero attached hydrogens (tertiary/aromatic N) is 1. The van der Waals surface area contributed by atoms with E-state index in [-0.39, 0.29) is 9.96 Å². The molecule has 0 saturated carbocycles. The van der Waals surface area contributed by atoms with Crippen LogP contribution in [0.4, 0.5) is 0 Å². The summed E-state index contributed by atoms with van der Waals surface area (Å²) < 4.78 is 29.8. The van der Waals surface area contributed by atoms with E-state index < -0.39 is 10.1 Å². The number of hydrogen-bond acceptors (Lipinski definition) is 6. The van der Waals surface area contributed by atoms with Crippen molar-refractivity contribution in [1.29, 1.82) is 0 Å². The minimum absolute atomic E-state index is 0.142. The van der Waals surface area contributed by atoms with Crippen LogP contribution in [0, 0.1) is 6.92 Å². The first kappa shape index (κ1) is 15.5. The van der Waals surface area contributed by atoms with Gasteiger partial charge in [0.2, 0.25) is 0 Å². The van der Waals surface area contributed by atoms with Gasteiger partial charge in [-0.25, -0.2) is 4.98 Å². The second-order valence-electron chi connectivity index (χ2n) is 4.36. The highest BCUT2D eigenvalue weighted by Crippen LogP contribution is 2.32. The Bertz CT molecular complexity index is 898. The van der Waals surface area contributed by atoms with Gasteiger partial charge in [0.15, 0.2) is 4.21 Å². The molecular formula is C14H10ClNO3S3. The quantitative estimate of drug-likeness (QED) is 0.629. The average molecular weight is 372 g/mol. The third-order valence-electron chi connectivity index (χ3n) is 2.72. The first-order chi connectivity index (χ1) is 10.4. The SMILES string of the molecule is Cc1nc(-c2ccc(S(=O)(=O)Oc3ccc(Cl)cc3)s2)cs1. The van der Waals surface area contributed by atoms with E-state index in [1.165, 1.54) is 29.5 Å². The van der Waals surface area contributed by atoms with Crippen molar-refractivity contribution in [1.82, 2.24) is 4.98 Å². The fraction of sp³-hybridized carbons (Fsp3) is 0.0714. The fourth-order valence-corrected chi connectivity index (χ4v) is 4.70. The van der Waals surface area contributed by atoms with Gasteiger partial charge in [-0.2, -0.15) is 8.42 Å². The van der Waals surface area contributed by atoms with Crippen LogP contribution >= 0.6 is 34.3 Å². The minimum atomic E-state index is -3.86. The number of rotatable bonds is 4. The Morgan fingerprint density at radius 2 is 1.86 bits per heavy atom. The minimum Gasteiger partial charge on any atom is -0.378 e. The van der Waals surface area contributed by atoms with E-state index in [1.54, 1.807) is 18.2 Å². The second-order valence-corrected chi connectivity index (χ2v) is 8.72. The first-order valence-electron chi connectivity index (χ1n) is 6.16. The molecule has 0 bridgehead atoms. The molecular weight excluding hydrogens is 362 g/mol. The third kappa shape index (κ3) is 3.33. The van der Waals surface area contributed by atoms with E-state index in [9.17, 15) is 8.42 Å². The fourth-order valence-electron chi connectivity index (χ4n) is 1.73. The van der Waals surface area contributed by atoms with Gasteiger partial charge in [-0.1, -0.05) is 11.6 Å². The lowest BCUT2D eigenvalue weighted by Crippen LogP contribution is -2.07. The van der Waals surface area contributed by atoms with E-state index >= 15 is 0 Å². The molecule has 114 valence electrons. The summed E-state index contributed by atoms with van der Waals surface area (Å²) in [6.45, 7) is 1.91. The summed E-state index contributed by atoms with van der Waals surface area (Å²) in [6.07, 6.45) is 0. The summed E-state index contributed by atoms with van der Waals surface area (Å²) in [5, 5.41) is 3.35. The van der Waals surface area contributed by atoms with Crippen LogP contribution in [0.15, 0.2) is 46.0 Å². The van der Waals surface area contributed by atoms with Crippen molar-refractivity contribution in [2.75, 3.05) is 0 Å². The maximum atomic E-state index is 12.3. The van der Waals surface area contributed by atoms with Crippen LogP contribution in [0.25, 0.3) is 10.6 Å². The van der Waals surface area contributed by atoms with Gasteiger partial charge in [-0.05, 0) is 43.3 Å². The van der Waals surface area contributed by atoms with Crippen LogP contribution in [0.2, 0.25) is 5.02 Å². The number of aromatic nitrogens is 1. The van der Waals surface area contributed by atoms with Crippen LogP contribution in [0.5, 0.6) is 5.75 Å². The lowest BCUT2D eigenvalue weighted by Gasteiger charge is -2.04. The zero-order chi connectivity index (χ0) is 15.7. The van der Waals surface area contributed by atoms with Gasteiger partial charge in [-0.15, -0.1) is 22.7 Å². The Balaban J connectivity index is 1.86. The molecule has 3 aromatic rings. The summed E-state index contributed by atoms with van der Waals surface area (Å²) >= 11 is 8.42. The van der Waals surface area contributed by atoms with Crippen LogP contribution in [0.1, 0.15) is 5.01 Å². The average Bonchev–Trinajstić information content (AvgIpc) is 3.10. The maximum Gasteiger partial charge on any atom is 0.348 e. The standard InChI is InChI=1S/C14H10ClNO3S3/c1-9-16-12(8-20-9)13-6-7-14(21-13)22(17,18)19-11-4-2-10(15)3-5-11/h2-8H,1H3. The number of halogens is 1. The summed E-state index contributed by atoms with van der Waals surface area (Å²) in [7, 11) is -3.86. The predicted octanol–water partition coefficient (Wildman–Crippen LogP) is 4.60. The molecule has 0 aliphatic rings. The Morgan fingerprint density at radius 3 is 2.50 bits per heavy atom. The molecule has 2 heterocycles. The Kier molecular flexibility index (Phi) is 4.22. The van der Waals surface area contributed by atoms with E-state index in [0.29, 0.717) is 5.02 Å². The number of thiophene rings is 1. The normalized spacial score (nSPS) is 11.5. The first-order valence-corrected chi connectivity index (χ1v) is 9.65. The van der Waals surface area contributed by atoms with Crippen molar-refractivity contribution in [3.05, 3.63) is 51.8 Å². The summed E-state index contributed by atoms with van der Waals surface area (Å²) in [4.78, 5) is 5.14. The van der Waals surface area contributed by atoms with E-state index in [2.05, 4.69) is 4.98 Å². The highest BCUT2D eigenvalue weighted by molar-refractivity contribution is 7.89. The highest BCUT2D eigenvalue weighted by Gasteiger charge is 2.20. The van der Waals surface area contributed by atoms with Gasteiger partial charge in [0.25, 0.3) is 0 Å². The molecule has 2 aromatic heterocycles. The summed E-state index contributed by atoms with van der Waals surface area (Å²) in [5.74, 6) is 0.226. The molecule has 0 saturated heterocycles. The monoisotopic (exact) mass is 371 g/mol. The van der Waals surface area contributed by atoms with Crippen LogP contribution in [-0.4, -0.2) is 13.4 Å². The molecule has 4 nitrogen and oxygen atoms in total. The lowest BCUT2D eigenvalue weighted by atomic mass is 10.3. The lowest BCUT2D eigenvalue weighted by molar-refractivity contribution is 0.488. The maximum absolute atomic E-state index is 12.3. The zero-order valence-electron chi connectivity index (χ0n) is 11.3. The molecule has 8 heteroatoms. The van der Waals surface area contributed by atoms with Gasteiger partial charge < -0.3 is 4.18 Å². The molecule has 0 aliphatic carbocycles. The van der Waals surface area contributed by atoms with Crippen molar-refractivity contribution >= 4 is 44.4 Å². The van der Waals surface area contributed by atoms with E-state index in [1.807, 2.05) is 12.3 Å². The summed E-state index contributed by atoms with van der Waals surface area (Å²) in [5.41, 5.74) is 0.778. The van der Waals surface area contributed by atoms with Gasteiger partial charge in [0.1, 0.15) is 5.75 Å². The molecule has 3 rings (SSSR count). The van der Waals surface area contributed by atoms with E-state index in [0.717, 1.165) is 26.9 Å². The topological polar surface area (TPSA) is 56.3 Å². The third-order valence-corrected chi connectivity index (χ3v) is 6.55. The molecule has 0 aliphatic heterocycles. The number of benzene rings is 1. The van der Waals surface area contributed by atoms with Crippen molar-refractivity contribution < 1.29 is 12.6 Å². The molecule has 0 N–H and O–H groups in total. The van der Waals surface area contributed by atoms with Crippen molar-refractivity contribution in [3.63, 3.8) is 0 Å². The van der Waals surface area contributed by atoms with Gasteiger partial charge in [-0.3, -0.25) is 0 Å². The van der Waals surface area contributed by atoms with Crippen LogP contribution in [0.3, 0.4) is 0 Å². The Morgan fingerprint density at radius 1 is 1.14 bits per heavy atom. The number of thiazole rings is 1. The van der Waals surface area contributed by atoms with Crippen LogP contribution < -0.4 is 4.18 Å². The van der Waals surface area contributed by atoms with Crippen molar-refractivity contribution in [2.45, 2.75) is 11.1 Å². The molecule has 1 aromatic carbocycles. The Labute approximate surface area is 141 Å². The number of hydrogen-bond donors (Lipinski definition) is 0. The second kappa shape index (κ2) is 6.00. The smallest absolute Gasteiger partial charge is 0.348 e. The van der Waals surface area contributed by atoms with Crippen molar-refractivity contribution in [3.8, 4) is 16.3 Å². The highest BCUT2D eigenvalue weighted by atomic mass is 35.5. The van der Waals surface area contributed by atoms with Crippen LogP contribution in [-0.2, 0) is 10.1 Å². The Hall–Kier alpha value is -1.41. The molecule has 0 amide bonds. The largest absolute Gasteiger partial charge is 0.378 e. The molecule has 0 atom stereocenters. The van der Waals surface area contributed by atoms with Gasteiger partial charge >= 0.3 is 10.1 Å².